The van der Waals surface area contributed by atoms with Crippen LogP contribution in [0.4, 0.5) is 33.2 Å². The third-order valence-corrected chi connectivity index (χ3v) is 3.74. The Bertz CT molecular complexity index is 949. The zero-order valence-corrected chi connectivity index (χ0v) is 13.9. The Morgan fingerprint density at radius 1 is 1.07 bits per heavy atom. The molecule has 0 bridgehead atoms. The van der Waals surface area contributed by atoms with Crippen molar-refractivity contribution in [2.24, 2.45) is 0 Å². The number of hydrogen-bond acceptors (Lipinski definition) is 6. The van der Waals surface area contributed by atoms with Crippen LogP contribution in [0.3, 0.4) is 0 Å². The second-order valence-electron chi connectivity index (χ2n) is 4.93. The molecule has 0 saturated heterocycles. The van der Waals surface area contributed by atoms with Crippen molar-refractivity contribution in [1.29, 1.82) is 0 Å². The number of nitrogens with zero attached hydrogens (tertiary/aromatic N) is 3. The topological polar surface area (TPSA) is 89.0 Å². The number of carbonyl (C=O) groups is 1. The summed E-state index contributed by atoms with van der Waals surface area (Å²) in [7, 11) is 0. The lowest BCUT2D eigenvalue weighted by Gasteiger charge is -2.10. The molecule has 0 radical (unpaired) electrons. The molecular weight excluding hydrogens is 390 g/mol. The predicted octanol–water partition coefficient (Wildman–Crippen LogP) is 4.53. The van der Waals surface area contributed by atoms with E-state index in [1.165, 1.54) is 12.4 Å². The normalized spacial score (nSPS) is 11.1. The van der Waals surface area contributed by atoms with Gasteiger partial charge in [-0.2, -0.15) is 13.2 Å². The van der Waals surface area contributed by atoms with E-state index in [0.29, 0.717) is 23.9 Å². The van der Waals surface area contributed by atoms with Crippen LogP contribution < -0.4 is 15.4 Å². The molecule has 2 amide bonds. The van der Waals surface area contributed by atoms with Crippen molar-refractivity contribution >= 4 is 28.2 Å². The fourth-order valence-electron chi connectivity index (χ4n) is 1.86. The maximum absolute atomic E-state index is 13.6. The van der Waals surface area contributed by atoms with E-state index in [-0.39, 0.29) is 10.3 Å². The Labute approximate surface area is 153 Å². The van der Waals surface area contributed by atoms with Gasteiger partial charge in [0, 0.05) is 12.4 Å². The van der Waals surface area contributed by atoms with Gasteiger partial charge in [-0.1, -0.05) is 5.10 Å². The number of aromatic nitrogens is 3. The molecule has 3 rings (SSSR count). The minimum Gasteiger partial charge on any atom is -0.430 e. The van der Waals surface area contributed by atoms with Crippen LogP contribution in [0.1, 0.15) is 5.56 Å². The van der Waals surface area contributed by atoms with E-state index in [4.69, 9.17) is 4.74 Å². The van der Waals surface area contributed by atoms with E-state index in [9.17, 15) is 22.4 Å². The van der Waals surface area contributed by atoms with E-state index in [1.54, 1.807) is 12.1 Å². The largest absolute Gasteiger partial charge is 0.430 e. The summed E-state index contributed by atoms with van der Waals surface area (Å²) >= 11 is 0.868. The number of anilines is 2. The van der Waals surface area contributed by atoms with Crippen LogP contribution in [0.25, 0.3) is 0 Å². The number of nitrogens with one attached hydrogen (secondary N) is 2. The maximum atomic E-state index is 13.6. The first kappa shape index (κ1) is 18.5. The summed E-state index contributed by atoms with van der Waals surface area (Å²) in [6, 6.07) is 3.86. The zero-order chi connectivity index (χ0) is 19.4. The predicted molar refractivity (Wildman–Crippen MR) is 88.3 cm³/mol. The van der Waals surface area contributed by atoms with Gasteiger partial charge in [0.15, 0.2) is 0 Å². The van der Waals surface area contributed by atoms with Crippen molar-refractivity contribution < 1.29 is 27.1 Å². The number of ether oxygens (including phenoxy) is 1. The van der Waals surface area contributed by atoms with Gasteiger partial charge < -0.3 is 10.1 Å². The highest BCUT2D eigenvalue weighted by Gasteiger charge is 2.31. The molecule has 0 aliphatic carbocycles. The maximum Gasteiger partial charge on any atom is 0.416 e. The number of benzene rings is 1. The van der Waals surface area contributed by atoms with Crippen molar-refractivity contribution in [3.8, 4) is 10.9 Å². The number of amides is 2. The van der Waals surface area contributed by atoms with Gasteiger partial charge in [-0.3, -0.25) is 10.3 Å². The second kappa shape index (κ2) is 7.53. The number of carbonyl (C=O) groups excluding carboxylic acids is 1. The van der Waals surface area contributed by atoms with Crippen LogP contribution in [0.15, 0.2) is 42.7 Å². The molecule has 27 heavy (non-hydrogen) atoms. The van der Waals surface area contributed by atoms with E-state index < -0.39 is 29.3 Å². The Hall–Kier alpha value is -3.28. The molecule has 0 spiro atoms. The monoisotopic (exact) mass is 399 g/mol. The molecular formula is C15H9F4N5O2S. The molecule has 0 aliphatic heterocycles. The van der Waals surface area contributed by atoms with E-state index in [2.05, 4.69) is 20.5 Å². The van der Waals surface area contributed by atoms with Crippen LogP contribution in [0.2, 0.25) is 0 Å². The fourth-order valence-corrected chi connectivity index (χ4v) is 2.47. The van der Waals surface area contributed by atoms with Gasteiger partial charge in [0.2, 0.25) is 5.13 Å². The van der Waals surface area contributed by atoms with E-state index in [0.717, 1.165) is 11.3 Å². The van der Waals surface area contributed by atoms with Gasteiger partial charge in [0.25, 0.3) is 0 Å². The van der Waals surface area contributed by atoms with Gasteiger partial charge >= 0.3 is 17.4 Å². The van der Waals surface area contributed by atoms with Gasteiger partial charge in [-0.25, -0.2) is 9.18 Å². The van der Waals surface area contributed by atoms with Crippen molar-refractivity contribution in [3.63, 3.8) is 0 Å². The molecule has 3 aromatic rings. The second-order valence-corrected chi connectivity index (χ2v) is 5.87. The molecule has 2 N–H and O–H groups in total. The average molecular weight is 399 g/mol. The fraction of sp³-hybridized carbons (Fsp3) is 0.0667. The number of urea groups is 1. The Balaban J connectivity index is 1.65. The molecule has 0 saturated carbocycles. The summed E-state index contributed by atoms with van der Waals surface area (Å²) in [6.45, 7) is 0. The first-order valence-corrected chi connectivity index (χ1v) is 7.99. The number of halogens is 4. The van der Waals surface area contributed by atoms with E-state index in [1.807, 2.05) is 5.32 Å². The zero-order valence-electron chi connectivity index (χ0n) is 13.1. The van der Waals surface area contributed by atoms with Crippen molar-refractivity contribution in [2.75, 3.05) is 10.6 Å². The molecule has 2 aromatic heterocycles. The van der Waals surface area contributed by atoms with Crippen LogP contribution in [-0.2, 0) is 6.18 Å². The molecule has 7 nitrogen and oxygen atoms in total. The smallest absolute Gasteiger partial charge is 0.416 e. The molecule has 1 aromatic carbocycles. The Morgan fingerprint density at radius 2 is 1.81 bits per heavy atom. The standard InChI is InChI=1S/C15H9F4N5O2S/c16-10-2-1-8(15(17,18)19)7-11(10)21-12(25)22-13-23-24-14(27-13)26-9-3-5-20-6-4-9/h1-7H,(H2,21,22,23,25). The third kappa shape index (κ3) is 4.88. The summed E-state index contributed by atoms with van der Waals surface area (Å²) < 4.78 is 57.1. The molecule has 0 atom stereocenters. The molecule has 0 unspecified atom stereocenters. The summed E-state index contributed by atoms with van der Waals surface area (Å²) in [5, 5.41) is 11.7. The lowest BCUT2D eigenvalue weighted by molar-refractivity contribution is -0.137. The van der Waals surface area contributed by atoms with Crippen molar-refractivity contribution in [3.05, 3.63) is 54.1 Å². The highest BCUT2D eigenvalue weighted by atomic mass is 32.1. The minimum atomic E-state index is -4.67. The lowest BCUT2D eigenvalue weighted by atomic mass is 10.2. The van der Waals surface area contributed by atoms with Crippen molar-refractivity contribution in [2.45, 2.75) is 6.18 Å². The minimum absolute atomic E-state index is 0.00365. The number of alkyl halides is 3. The molecule has 0 aliphatic rings. The van der Waals surface area contributed by atoms with Crippen LogP contribution >= 0.6 is 11.3 Å². The highest BCUT2D eigenvalue weighted by Crippen LogP contribution is 2.32. The van der Waals surface area contributed by atoms with Crippen LogP contribution in [0.5, 0.6) is 10.9 Å². The molecule has 12 heteroatoms. The Kier molecular flexibility index (Phi) is 5.16. The first-order valence-electron chi connectivity index (χ1n) is 7.17. The summed E-state index contributed by atoms with van der Waals surface area (Å²) in [4.78, 5) is 15.7. The van der Waals surface area contributed by atoms with Gasteiger partial charge in [-0.15, -0.1) is 5.10 Å². The number of rotatable bonds is 4. The van der Waals surface area contributed by atoms with Gasteiger partial charge in [0.05, 0.1) is 11.3 Å². The number of hydrogen-bond donors (Lipinski definition) is 2. The first-order chi connectivity index (χ1) is 12.8. The average Bonchev–Trinajstić information content (AvgIpc) is 3.03. The van der Waals surface area contributed by atoms with Crippen molar-refractivity contribution in [1.82, 2.24) is 15.2 Å². The molecule has 0 fully saturated rings. The summed E-state index contributed by atoms with van der Waals surface area (Å²) in [6.07, 6.45) is -1.65. The summed E-state index contributed by atoms with van der Waals surface area (Å²) in [5.41, 5.74) is -1.72. The number of pyridine rings is 1. The molecule has 140 valence electrons. The molecule has 2 heterocycles. The Morgan fingerprint density at radius 3 is 2.52 bits per heavy atom. The lowest BCUT2D eigenvalue weighted by Crippen LogP contribution is -2.20. The van der Waals surface area contributed by atoms with Gasteiger partial charge in [0.1, 0.15) is 11.6 Å². The summed E-state index contributed by atoms with van der Waals surface area (Å²) in [5.74, 6) is -0.569. The van der Waals surface area contributed by atoms with Crippen LogP contribution in [0, 0.1) is 5.82 Å². The quantitative estimate of drug-likeness (QED) is 0.630. The SMILES string of the molecule is O=C(Nc1nnc(Oc2ccncc2)s1)Nc1cc(C(F)(F)F)ccc1F. The van der Waals surface area contributed by atoms with E-state index >= 15 is 0 Å². The van der Waals surface area contributed by atoms with Crippen LogP contribution in [-0.4, -0.2) is 21.2 Å². The van der Waals surface area contributed by atoms with Gasteiger partial charge in [-0.05, 0) is 41.7 Å². The highest BCUT2D eigenvalue weighted by molar-refractivity contribution is 7.17. The third-order valence-electron chi connectivity index (χ3n) is 3.02.